The SMILES string of the molecule is O=C(NCC(O)c1cccc(C(F)(F)F)c1)c1cc(-c2ccccn2)ccc1Cl. The molecule has 1 atom stereocenters. The van der Waals surface area contributed by atoms with E-state index in [-0.39, 0.29) is 22.7 Å². The van der Waals surface area contributed by atoms with E-state index in [2.05, 4.69) is 10.3 Å². The van der Waals surface area contributed by atoms with Gasteiger partial charge in [0.2, 0.25) is 0 Å². The van der Waals surface area contributed by atoms with E-state index in [1.54, 1.807) is 36.5 Å². The summed E-state index contributed by atoms with van der Waals surface area (Å²) in [6.07, 6.45) is -4.20. The van der Waals surface area contributed by atoms with Gasteiger partial charge in [-0.1, -0.05) is 35.9 Å². The van der Waals surface area contributed by atoms with E-state index in [4.69, 9.17) is 11.6 Å². The molecular formula is C21H16ClF3N2O2. The van der Waals surface area contributed by atoms with Gasteiger partial charge < -0.3 is 10.4 Å². The van der Waals surface area contributed by atoms with Crippen LogP contribution >= 0.6 is 11.6 Å². The molecule has 4 nitrogen and oxygen atoms in total. The fourth-order valence-corrected chi connectivity index (χ4v) is 2.92. The summed E-state index contributed by atoms with van der Waals surface area (Å²) in [5.74, 6) is -0.557. The van der Waals surface area contributed by atoms with Crippen molar-refractivity contribution in [3.05, 3.63) is 88.6 Å². The third kappa shape index (κ3) is 5.13. The van der Waals surface area contributed by atoms with Crippen LogP contribution in [0.4, 0.5) is 13.2 Å². The Morgan fingerprint density at radius 2 is 1.90 bits per heavy atom. The molecule has 3 aromatic rings. The van der Waals surface area contributed by atoms with Gasteiger partial charge in [-0.25, -0.2) is 0 Å². The molecule has 0 saturated heterocycles. The van der Waals surface area contributed by atoms with Crippen molar-refractivity contribution in [2.75, 3.05) is 6.54 Å². The van der Waals surface area contributed by atoms with Gasteiger partial charge in [0.1, 0.15) is 0 Å². The van der Waals surface area contributed by atoms with E-state index in [1.165, 1.54) is 12.1 Å². The third-order valence-corrected chi connectivity index (χ3v) is 4.56. The molecule has 2 N–H and O–H groups in total. The molecule has 8 heteroatoms. The van der Waals surface area contributed by atoms with E-state index < -0.39 is 23.8 Å². The Hall–Kier alpha value is -2.90. The number of carbonyl (C=O) groups is 1. The molecule has 0 aliphatic rings. The highest BCUT2D eigenvalue weighted by Crippen LogP contribution is 2.30. The van der Waals surface area contributed by atoms with Gasteiger partial charge in [-0.15, -0.1) is 0 Å². The zero-order valence-electron chi connectivity index (χ0n) is 14.9. The first-order valence-corrected chi connectivity index (χ1v) is 8.98. The molecule has 3 rings (SSSR count). The highest BCUT2D eigenvalue weighted by molar-refractivity contribution is 6.34. The minimum Gasteiger partial charge on any atom is -0.387 e. The summed E-state index contributed by atoms with van der Waals surface area (Å²) in [6, 6.07) is 14.5. The predicted molar refractivity (Wildman–Crippen MR) is 103 cm³/mol. The maximum absolute atomic E-state index is 12.8. The largest absolute Gasteiger partial charge is 0.416 e. The summed E-state index contributed by atoms with van der Waals surface area (Å²) in [5.41, 5.74) is 0.687. The molecule has 29 heavy (non-hydrogen) atoms. The summed E-state index contributed by atoms with van der Waals surface area (Å²) in [7, 11) is 0. The van der Waals surface area contributed by atoms with Gasteiger partial charge in [-0.2, -0.15) is 13.2 Å². The first-order valence-electron chi connectivity index (χ1n) is 8.60. The Morgan fingerprint density at radius 1 is 1.10 bits per heavy atom. The van der Waals surface area contributed by atoms with E-state index >= 15 is 0 Å². The fourth-order valence-electron chi connectivity index (χ4n) is 2.72. The number of halogens is 4. The number of pyridine rings is 1. The van der Waals surface area contributed by atoms with Crippen molar-refractivity contribution in [3.63, 3.8) is 0 Å². The lowest BCUT2D eigenvalue weighted by molar-refractivity contribution is -0.137. The smallest absolute Gasteiger partial charge is 0.387 e. The topological polar surface area (TPSA) is 62.2 Å². The molecule has 1 amide bonds. The molecule has 1 heterocycles. The quantitative estimate of drug-likeness (QED) is 0.618. The van der Waals surface area contributed by atoms with Crippen LogP contribution in [-0.4, -0.2) is 22.5 Å². The van der Waals surface area contributed by atoms with Crippen LogP contribution in [0, 0.1) is 0 Å². The van der Waals surface area contributed by atoms with Crippen molar-refractivity contribution in [1.82, 2.24) is 10.3 Å². The van der Waals surface area contributed by atoms with Crippen LogP contribution in [0.3, 0.4) is 0 Å². The van der Waals surface area contributed by atoms with Crippen molar-refractivity contribution >= 4 is 17.5 Å². The van der Waals surface area contributed by atoms with Crippen molar-refractivity contribution in [3.8, 4) is 11.3 Å². The Kier molecular flexibility index (Phi) is 6.20. The molecule has 1 aromatic heterocycles. The molecule has 0 saturated carbocycles. The molecule has 0 spiro atoms. The number of nitrogens with zero attached hydrogens (tertiary/aromatic N) is 1. The Balaban J connectivity index is 1.73. The van der Waals surface area contributed by atoms with Gasteiger partial charge in [0, 0.05) is 18.3 Å². The number of amides is 1. The standard InChI is InChI=1S/C21H16ClF3N2O2/c22-17-8-7-13(18-6-1-2-9-26-18)11-16(17)20(29)27-12-19(28)14-4-3-5-15(10-14)21(23,24)25/h1-11,19,28H,12H2,(H,27,29). The van der Waals surface area contributed by atoms with Crippen LogP contribution in [0.5, 0.6) is 0 Å². The lowest BCUT2D eigenvalue weighted by Crippen LogP contribution is -2.28. The van der Waals surface area contributed by atoms with Crippen LogP contribution in [-0.2, 0) is 6.18 Å². The van der Waals surface area contributed by atoms with Crippen molar-refractivity contribution in [2.24, 2.45) is 0 Å². The van der Waals surface area contributed by atoms with E-state index in [0.29, 0.717) is 11.3 Å². The lowest BCUT2D eigenvalue weighted by atomic mass is 10.0. The second-order valence-electron chi connectivity index (χ2n) is 6.26. The minimum absolute atomic E-state index is 0.0495. The molecule has 0 aliphatic heterocycles. The molecule has 2 aromatic carbocycles. The van der Waals surface area contributed by atoms with Crippen LogP contribution in [0.2, 0.25) is 5.02 Å². The molecule has 0 fully saturated rings. The number of nitrogens with one attached hydrogen (secondary N) is 1. The summed E-state index contributed by atoms with van der Waals surface area (Å²) in [4.78, 5) is 16.7. The van der Waals surface area contributed by atoms with Crippen LogP contribution in [0.15, 0.2) is 66.9 Å². The van der Waals surface area contributed by atoms with Gasteiger partial charge in [0.05, 0.1) is 27.9 Å². The number of aliphatic hydroxyl groups excluding tert-OH is 1. The molecule has 0 aliphatic carbocycles. The molecule has 1 unspecified atom stereocenters. The zero-order valence-corrected chi connectivity index (χ0v) is 15.7. The van der Waals surface area contributed by atoms with E-state index in [0.717, 1.165) is 12.1 Å². The van der Waals surface area contributed by atoms with Gasteiger partial charge in [-0.3, -0.25) is 9.78 Å². The summed E-state index contributed by atoms with van der Waals surface area (Å²) in [5, 5.41) is 12.9. The van der Waals surface area contributed by atoms with Crippen LogP contribution < -0.4 is 5.32 Å². The summed E-state index contributed by atoms with van der Waals surface area (Å²) < 4.78 is 38.5. The summed E-state index contributed by atoms with van der Waals surface area (Å²) in [6.45, 7) is -0.274. The monoisotopic (exact) mass is 420 g/mol. The Morgan fingerprint density at radius 3 is 2.59 bits per heavy atom. The molecule has 0 bridgehead atoms. The molecular weight excluding hydrogens is 405 g/mol. The van der Waals surface area contributed by atoms with Gasteiger partial charge >= 0.3 is 6.18 Å². The number of rotatable bonds is 5. The normalized spacial score (nSPS) is 12.4. The second-order valence-corrected chi connectivity index (χ2v) is 6.67. The fraction of sp³-hybridized carbons (Fsp3) is 0.143. The molecule has 0 radical (unpaired) electrons. The number of hydrogen-bond donors (Lipinski definition) is 2. The zero-order chi connectivity index (χ0) is 21.0. The average molecular weight is 421 g/mol. The van der Waals surface area contributed by atoms with E-state index in [9.17, 15) is 23.1 Å². The second kappa shape index (κ2) is 8.63. The number of carbonyl (C=O) groups excluding carboxylic acids is 1. The first kappa shape index (κ1) is 20.8. The third-order valence-electron chi connectivity index (χ3n) is 4.23. The maximum atomic E-state index is 12.8. The number of hydrogen-bond acceptors (Lipinski definition) is 3. The number of aliphatic hydroxyl groups is 1. The van der Waals surface area contributed by atoms with Crippen LogP contribution in [0.25, 0.3) is 11.3 Å². The summed E-state index contributed by atoms with van der Waals surface area (Å²) >= 11 is 6.11. The average Bonchev–Trinajstić information content (AvgIpc) is 2.72. The van der Waals surface area contributed by atoms with Gasteiger partial charge in [0.15, 0.2) is 0 Å². The van der Waals surface area contributed by atoms with Gasteiger partial charge in [0.25, 0.3) is 5.91 Å². The Bertz CT molecular complexity index is 1010. The minimum atomic E-state index is -4.52. The Labute approximate surface area is 170 Å². The van der Waals surface area contributed by atoms with Crippen molar-refractivity contribution < 1.29 is 23.1 Å². The van der Waals surface area contributed by atoms with Crippen LogP contribution in [0.1, 0.15) is 27.6 Å². The van der Waals surface area contributed by atoms with E-state index in [1.807, 2.05) is 6.07 Å². The number of benzene rings is 2. The number of alkyl halides is 3. The predicted octanol–water partition coefficient (Wildman–Crippen LogP) is 4.88. The van der Waals surface area contributed by atoms with Crippen molar-refractivity contribution in [2.45, 2.75) is 12.3 Å². The first-order chi connectivity index (χ1) is 13.8. The van der Waals surface area contributed by atoms with Gasteiger partial charge in [-0.05, 0) is 42.0 Å². The van der Waals surface area contributed by atoms with Crippen molar-refractivity contribution in [1.29, 1.82) is 0 Å². The maximum Gasteiger partial charge on any atom is 0.416 e. The molecule has 150 valence electrons. The number of aromatic nitrogens is 1. The highest BCUT2D eigenvalue weighted by atomic mass is 35.5. The highest BCUT2D eigenvalue weighted by Gasteiger charge is 2.30. The lowest BCUT2D eigenvalue weighted by Gasteiger charge is -2.15.